The predicted molar refractivity (Wildman–Crippen MR) is 114 cm³/mol. The van der Waals surface area contributed by atoms with Gasteiger partial charge in [-0.25, -0.2) is 4.39 Å². The van der Waals surface area contributed by atoms with E-state index in [1.165, 1.54) is 6.07 Å². The molecule has 1 atom stereocenters. The van der Waals surface area contributed by atoms with Crippen LogP contribution in [0.15, 0.2) is 54.6 Å². The topological polar surface area (TPSA) is 38.8 Å². The van der Waals surface area contributed by atoms with Crippen LogP contribution in [0, 0.1) is 5.82 Å². The average molecular weight is 405 g/mol. The van der Waals surface area contributed by atoms with E-state index in [0.29, 0.717) is 31.7 Å². The van der Waals surface area contributed by atoms with Gasteiger partial charge in [0.25, 0.3) is 0 Å². The molecule has 0 saturated carbocycles. The van der Waals surface area contributed by atoms with Crippen molar-refractivity contribution in [1.82, 2.24) is 4.90 Å². The Morgan fingerprint density at radius 1 is 1.00 bits per heavy atom. The third kappa shape index (κ3) is 3.77. The van der Waals surface area contributed by atoms with Crippen LogP contribution in [0.1, 0.15) is 34.7 Å². The number of carbonyl (C=O) groups excluding carboxylic acids is 1. The summed E-state index contributed by atoms with van der Waals surface area (Å²) in [4.78, 5) is 15.1. The van der Waals surface area contributed by atoms with Crippen molar-refractivity contribution >= 4 is 16.6 Å². The molecule has 0 N–H and O–H groups in total. The molecule has 0 aromatic heterocycles. The largest absolute Gasteiger partial charge is 0.486 e. The Bertz CT molecular complexity index is 1100. The van der Waals surface area contributed by atoms with Gasteiger partial charge in [-0.15, -0.1) is 0 Å². The maximum atomic E-state index is 14.0. The molecule has 0 radical (unpaired) electrons. The third-order valence-electron chi connectivity index (χ3n) is 6.10. The molecule has 3 aromatic carbocycles. The molecule has 1 fully saturated rings. The van der Waals surface area contributed by atoms with Crippen molar-refractivity contribution in [1.29, 1.82) is 0 Å². The Labute approximate surface area is 175 Å². The molecule has 1 saturated heterocycles. The Kier molecular flexibility index (Phi) is 5.13. The maximum Gasteiger partial charge on any atom is 0.164 e. The summed E-state index contributed by atoms with van der Waals surface area (Å²) in [5.74, 6) is 1.69. The Morgan fingerprint density at radius 3 is 2.57 bits per heavy atom. The second kappa shape index (κ2) is 8.07. The zero-order valence-corrected chi connectivity index (χ0v) is 16.8. The zero-order chi connectivity index (χ0) is 20.5. The van der Waals surface area contributed by atoms with Gasteiger partial charge in [0, 0.05) is 31.0 Å². The molecule has 2 heterocycles. The van der Waals surface area contributed by atoms with Gasteiger partial charge in [-0.05, 0) is 53.6 Å². The number of likely N-dealkylation sites (tertiary alicyclic amines) is 1. The molecule has 0 bridgehead atoms. The first-order valence-corrected chi connectivity index (χ1v) is 10.5. The summed E-state index contributed by atoms with van der Waals surface area (Å²) in [5.41, 5.74) is 1.50. The monoisotopic (exact) mass is 405 g/mol. The number of hydrogen-bond acceptors (Lipinski definition) is 4. The van der Waals surface area contributed by atoms with Crippen molar-refractivity contribution in [2.45, 2.75) is 18.8 Å². The number of Topliss-reactive ketones (excluding diaryl/α,β-unsaturated/α-hetero) is 1. The van der Waals surface area contributed by atoms with Gasteiger partial charge in [-0.3, -0.25) is 4.79 Å². The summed E-state index contributed by atoms with van der Waals surface area (Å²) in [5, 5.41) is 2.01. The van der Waals surface area contributed by atoms with Crippen molar-refractivity contribution in [3.05, 3.63) is 71.5 Å². The molecule has 5 heteroatoms. The second-order valence-corrected chi connectivity index (χ2v) is 8.04. The van der Waals surface area contributed by atoms with E-state index in [9.17, 15) is 9.18 Å². The number of hydrogen-bond donors (Lipinski definition) is 0. The summed E-state index contributed by atoms with van der Waals surface area (Å²) in [6.07, 6.45) is 1.39. The van der Waals surface area contributed by atoms with Crippen molar-refractivity contribution in [2.75, 3.05) is 32.8 Å². The highest BCUT2D eigenvalue weighted by atomic mass is 19.1. The van der Waals surface area contributed by atoms with E-state index in [1.54, 1.807) is 6.07 Å². The smallest absolute Gasteiger partial charge is 0.164 e. The lowest BCUT2D eigenvalue weighted by Crippen LogP contribution is -2.23. The number of carbonyl (C=O) groups is 1. The molecule has 2 aliphatic heterocycles. The van der Waals surface area contributed by atoms with E-state index in [0.717, 1.165) is 47.3 Å². The summed E-state index contributed by atoms with van der Waals surface area (Å²) in [6, 6.07) is 16.7. The molecule has 0 spiro atoms. The van der Waals surface area contributed by atoms with Crippen LogP contribution >= 0.6 is 0 Å². The first kappa shape index (κ1) is 19.1. The molecule has 4 nitrogen and oxygen atoms in total. The van der Waals surface area contributed by atoms with Gasteiger partial charge in [0.15, 0.2) is 17.3 Å². The lowest BCUT2D eigenvalue weighted by molar-refractivity contribution is 0.0968. The van der Waals surface area contributed by atoms with Crippen LogP contribution in [0.2, 0.25) is 0 Å². The first-order chi connectivity index (χ1) is 14.7. The molecule has 3 aromatic rings. The fourth-order valence-electron chi connectivity index (χ4n) is 4.46. The van der Waals surface area contributed by atoms with E-state index in [1.807, 2.05) is 42.5 Å². The van der Waals surface area contributed by atoms with Crippen LogP contribution in [0.4, 0.5) is 4.39 Å². The molecule has 30 heavy (non-hydrogen) atoms. The molecular weight excluding hydrogens is 381 g/mol. The molecule has 2 aliphatic rings. The molecular formula is C25H24FNO3. The van der Waals surface area contributed by atoms with E-state index in [-0.39, 0.29) is 17.5 Å². The number of ketones is 1. The number of ether oxygens (including phenoxy) is 2. The molecule has 0 amide bonds. The summed E-state index contributed by atoms with van der Waals surface area (Å²) >= 11 is 0. The van der Waals surface area contributed by atoms with E-state index in [4.69, 9.17) is 9.47 Å². The van der Waals surface area contributed by atoms with E-state index >= 15 is 0 Å². The van der Waals surface area contributed by atoms with Gasteiger partial charge in [-0.1, -0.05) is 30.3 Å². The minimum absolute atomic E-state index is 0.126. The Hall–Kier alpha value is -2.92. The lowest BCUT2D eigenvalue weighted by atomic mass is 9.98. The minimum atomic E-state index is -0.131. The number of rotatable bonds is 5. The van der Waals surface area contributed by atoms with Crippen molar-refractivity contribution in [3.63, 3.8) is 0 Å². The molecule has 1 unspecified atom stereocenters. The van der Waals surface area contributed by atoms with Gasteiger partial charge in [0.05, 0.1) is 0 Å². The van der Waals surface area contributed by atoms with Gasteiger partial charge in [0.2, 0.25) is 0 Å². The first-order valence-electron chi connectivity index (χ1n) is 10.5. The highest BCUT2D eigenvalue weighted by molar-refractivity contribution is 6.00. The standard InChI is InChI=1S/C25H24FNO3/c26-22-4-2-1-3-21(22)19-7-9-27(16-19)10-8-23(28)18-6-5-17-14-24-25(15-20(17)13-18)30-12-11-29-24/h1-6,13-15,19H,7-12,16H2. The van der Waals surface area contributed by atoms with E-state index < -0.39 is 0 Å². The van der Waals surface area contributed by atoms with Crippen LogP contribution in [-0.4, -0.2) is 43.5 Å². The van der Waals surface area contributed by atoms with Gasteiger partial charge < -0.3 is 14.4 Å². The number of benzene rings is 3. The van der Waals surface area contributed by atoms with Crippen molar-refractivity contribution in [2.24, 2.45) is 0 Å². The minimum Gasteiger partial charge on any atom is -0.486 e. The second-order valence-electron chi connectivity index (χ2n) is 8.04. The van der Waals surface area contributed by atoms with Crippen LogP contribution in [0.3, 0.4) is 0 Å². The molecule has 154 valence electrons. The zero-order valence-electron chi connectivity index (χ0n) is 16.8. The summed E-state index contributed by atoms with van der Waals surface area (Å²) in [7, 11) is 0. The van der Waals surface area contributed by atoms with Gasteiger partial charge in [0.1, 0.15) is 19.0 Å². The molecule has 5 rings (SSSR count). The highest BCUT2D eigenvalue weighted by Crippen LogP contribution is 2.35. The Balaban J connectivity index is 1.23. The third-order valence-corrected chi connectivity index (χ3v) is 6.10. The van der Waals surface area contributed by atoms with Gasteiger partial charge in [-0.2, -0.15) is 0 Å². The fraction of sp³-hybridized carbons (Fsp3) is 0.320. The fourth-order valence-corrected chi connectivity index (χ4v) is 4.46. The SMILES string of the molecule is O=C(CCN1CCC(c2ccccc2F)C1)c1ccc2cc3c(cc2c1)OCCO3. The van der Waals surface area contributed by atoms with Crippen molar-refractivity contribution in [3.8, 4) is 11.5 Å². The molecule has 0 aliphatic carbocycles. The number of nitrogens with zero attached hydrogens (tertiary/aromatic N) is 1. The maximum absolute atomic E-state index is 14.0. The van der Waals surface area contributed by atoms with Crippen LogP contribution in [0.5, 0.6) is 11.5 Å². The predicted octanol–water partition coefficient (Wildman–Crippen LogP) is 4.81. The van der Waals surface area contributed by atoms with Crippen LogP contribution < -0.4 is 9.47 Å². The summed E-state index contributed by atoms with van der Waals surface area (Å²) < 4.78 is 25.3. The van der Waals surface area contributed by atoms with Crippen LogP contribution in [0.25, 0.3) is 10.8 Å². The van der Waals surface area contributed by atoms with E-state index in [2.05, 4.69) is 4.90 Å². The summed E-state index contributed by atoms with van der Waals surface area (Å²) in [6.45, 7) is 3.50. The quantitative estimate of drug-likeness (QED) is 0.571. The average Bonchev–Trinajstić information content (AvgIpc) is 3.24. The normalized spacial score (nSPS) is 18.6. The van der Waals surface area contributed by atoms with Crippen molar-refractivity contribution < 1.29 is 18.7 Å². The number of halogens is 1. The highest BCUT2D eigenvalue weighted by Gasteiger charge is 2.26. The van der Waals surface area contributed by atoms with Gasteiger partial charge >= 0.3 is 0 Å². The Morgan fingerprint density at radius 2 is 1.77 bits per heavy atom. The lowest BCUT2D eigenvalue weighted by Gasteiger charge is -2.19. The number of fused-ring (bicyclic) bond motifs is 2. The van der Waals surface area contributed by atoms with Crippen LogP contribution in [-0.2, 0) is 0 Å².